The summed E-state index contributed by atoms with van der Waals surface area (Å²) in [6, 6.07) is 5.41. The van der Waals surface area contributed by atoms with Gasteiger partial charge in [0.05, 0.1) is 10.7 Å². The molecule has 0 aromatic heterocycles. The summed E-state index contributed by atoms with van der Waals surface area (Å²) in [6.45, 7) is 4.24. The quantitative estimate of drug-likeness (QED) is 0.777. The van der Waals surface area contributed by atoms with E-state index >= 15 is 0 Å². The number of rotatable bonds is 2. The Balaban J connectivity index is 2.28. The molecule has 0 atom stereocenters. The fraction of sp³-hybridized carbons (Fsp3) is 0.417. The minimum atomic E-state index is 0.614. The van der Waals surface area contributed by atoms with Gasteiger partial charge >= 0.3 is 0 Å². The third kappa shape index (κ3) is 2.50. The van der Waals surface area contributed by atoms with Crippen LogP contribution in [0, 0.1) is 0 Å². The van der Waals surface area contributed by atoms with Gasteiger partial charge in [0.25, 0.3) is 0 Å². The van der Waals surface area contributed by atoms with Crippen molar-refractivity contribution in [2.45, 2.75) is 19.8 Å². The van der Waals surface area contributed by atoms with Crippen LogP contribution in [0.25, 0.3) is 0 Å². The molecule has 16 heavy (non-hydrogen) atoms. The average molecular weight is 257 g/mol. The molecule has 0 bridgehead atoms. The molecule has 0 saturated carbocycles. The van der Waals surface area contributed by atoms with Gasteiger partial charge in [-0.15, -0.1) is 0 Å². The molecule has 4 heteroatoms. The van der Waals surface area contributed by atoms with Crippen LogP contribution >= 0.6 is 23.2 Å². The predicted octanol–water partition coefficient (Wildman–Crippen LogP) is 4.14. The first kappa shape index (κ1) is 11.7. The molecule has 2 rings (SSSR count). The van der Waals surface area contributed by atoms with Gasteiger partial charge < -0.3 is 4.90 Å². The fourth-order valence-electron chi connectivity index (χ4n) is 1.89. The highest BCUT2D eigenvalue weighted by Gasteiger charge is 2.16. The largest absolute Gasteiger partial charge is 0.360 e. The number of hydrogen-bond acceptors (Lipinski definition) is 1. The van der Waals surface area contributed by atoms with E-state index < -0.39 is 0 Å². The summed E-state index contributed by atoms with van der Waals surface area (Å²) in [6.07, 6.45) is 2.21. The number of hydrogen-bond donors (Lipinski definition) is 0. The number of likely N-dealkylation sites (tertiary alicyclic amines) is 1. The lowest BCUT2D eigenvalue weighted by Gasteiger charge is -2.15. The molecule has 1 fully saturated rings. The maximum absolute atomic E-state index is 6.09. The zero-order chi connectivity index (χ0) is 11.5. The number of nitrogens with zero attached hydrogens (tertiary/aromatic N) is 2. The molecule has 1 aromatic rings. The van der Waals surface area contributed by atoms with E-state index in [1.54, 1.807) is 6.07 Å². The summed E-state index contributed by atoms with van der Waals surface area (Å²) in [7, 11) is 0. The molecule has 0 amide bonds. The van der Waals surface area contributed by atoms with Crippen LogP contribution < -0.4 is 0 Å². The van der Waals surface area contributed by atoms with E-state index in [-0.39, 0.29) is 0 Å². The summed E-state index contributed by atoms with van der Waals surface area (Å²) < 4.78 is 0. The molecule has 0 spiro atoms. The van der Waals surface area contributed by atoms with Gasteiger partial charge in [0.1, 0.15) is 5.84 Å². The number of aliphatic imine (C=N–C) groups is 1. The highest BCUT2D eigenvalue weighted by molar-refractivity contribution is 6.36. The molecule has 0 radical (unpaired) electrons. The average Bonchev–Trinajstić information content (AvgIpc) is 2.69. The van der Waals surface area contributed by atoms with E-state index in [4.69, 9.17) is 23.2 Å². The van der Waals surface area contributed by atoms with Crippen LogP contribution in [0.2, 0.25) is 10.0 Å². The summed E-state index contributed by atoms with van der Waals surface area (Å²) in [5.74, 6) is 1.13. The van der Waals surface area contributed by atoms with E-state index in [1.807, 2.05) is 12.1 Å². The lowest BCUT2D eigenvalue weighted by atomic mass is 10.3. The minimum absolute atomic E-state index is 0.614. The molecule has 1 aromatic carbocycles. The molecule has 2 nitrogen and oxygen atoms in total. The van der Waals surface area contributed by atoms with Crippen molar-refractivity contribution in [3.8, 4) is 0 Å². The fourth-order valence-corrected chi connectivity index (χ4v) is 2.34. The van der Waals surface area contributed by atoms with Crippen LogP contribution in [0.1, 0.15) is 19.8 Å². The monoisotopic (exact) mass is 256 g/mol. The van der Waals surface area contributed by atoms with Gasteiger partial charge in [0.2, 0.25) is 0 Å². The zero-order valence-electron chi connectivity index (χ0n) is 9.21. The molecule has 86 valence electrons. The topological polar surface area (TPSA) is 15.6 Å². The zero-order valence-corrected chi connectivity index (χ0v) is 10.7. The second kappa shape index (κ2) is 5.07. The van der Waals surface area contributed by atoms with Crippen molar-refractivity contribution >= 4 is 34.7 Å². The predicted molar refractivity (Wildman–Crippen MR) is 70.0 cm³/mol. The smallest absolute Gasteiger partial charge is 0.105 e. The Bertz CT molecular complexity index is 415. The Morgan fingerprint density at radius 3 is 2.88 bits per heavy atom. The lowest BCUT2D eigenvalue weighted by Crippen LogP contribution is -2.23. The number of benzene rings is 1. The summed E-state index contributed by atoms with van der Waals surface area (Å²) in [4.78, 5) is 6.89. The van der Waals surface area contributed by atoms with Gasteiger partial charge in [-0.1, -0.05) is 23.2 Å². The van der Waals surface area contributed by atoms with Gasteiger partial charge in [0.15, 0.2) is 0 Å². The van der Waals surface area contributed by atoms with Crippen molar-refractivity contribution in [1.29, 1.82) is 0 Å². The van der Waals surface area contributed by atoms with Crippen molar-refractivity contribution < 1.29 is 0 Å². The first-order chi connectivity index (χ1) is 7.70. The van der Waals surface area contributed by atoms with E-state index in [0.717, 1.165) is 31.0 Å². The molecular weight excluding hydrogens is 243 g/mol. The van der Waals surface area contributed by atoms with E-state index in [2.05, 4.69) is 16.8 Å². The molecule has 1 aliphatic heterocycles. The number of amidine groups is 1. The molecule has 0 unspecified atom stereocenters. The first-order valence-corrected chi connectivity index (χ1v) is 6.24. The summed E-state index contributed by atoms with van der Waals surface area (Å²) in [5.41, 5.74) is 0.807. The third-order valence-corrected chi connectivity index (χ3v) is 3.27. The molecule has 1 aliphatic rings. The van der Waals surface area contributed by atoms with Crippen LogP contribution in [0.15, 0.2) is 23.2 Å². The van der Waals surface area contributed by atoms with E-state index in [0.29, 0.717) is 10.0 Å². The normalized spacial score (nSPS) is 18.4. The third-order valence-electron chi connectivity index (χ3n) is 2.73. The molecule has 0 aliphatic carbocycles. The van der Waals surface area contributed by atoms with Crippen LogP contribution in [0.3, 0.4) is 0 Å². The molecular formula is C12H14Cl2N2. The minimum Gasteiger partial charge on any atom is -0.360 e. The van der Waals surface area contributed by atoms with Gasteiger partial charge in [-0.2, -0.15) is 0 Å². The van der Waals surface area contributed by atoms with E-state index in [1.165, 1.54) is 6.42 Å². The van der Waals surface area contributed by atoms with Crippen LogP contribution in [-0.4, -0.2) is 23.8 Å². The van der Waals surface area contributed by atoms with Gasteiger partial charge in [0, 0.05) is 24.5 Å². The van der Waals surface area contributed by atoms with E-state index in [9.17, 15) is 0 Å². The van der Waals surface area contributed by atoms with Crippen molar-refractivity contribution in [3.05, 3.63) is 28.2 Å². The van der Waals surface area contributed by atoms with Crippen molar-refractivity contribution in [2.75, 3.05) is 13.1 Å². The standard InChI is InChI=1S/C12H14Cl2N2/c1-2-16-7-3-4-12(16)15-11-6-5-9(13)8-10(11)14/h5-6,8H,2-4,7H2,1H3. The Kier molecular flexibility index (Phi) is 3.72. The van der Waals surface area contributed by atoms with Crippen molar-refractivity contribution in [3.63, 3.8) is 0 Å². The highest BCUT2D eigenvalue weighted by atomic mass is 35.5. The molecule has 1 saturated heterocycles. The Hall–Kier alpha value is -0.730. The van der Waals surface area contributed by atoms with Crippen LogP contribution in [-0.2, 0) is 0 Å². The van der Waals surface area contributed by atoms with Gasteiger partial charge in [-0.3, -0.25) is 0 Å². The summed E-state index contributed by atoms with van der Waals surface area (Å²) >= 11 is 11.9. The second-order valence-electron chi connectivity index (χ2n) is 3.81. The Morgan fingerprint density at radius 2 is 2.19 bits per heavy atom. The Morgan fingerprint density at radius 1 is 1.38 bits per heavy atom. The number of halogens is 2. The molecule has 0 N–H and O–H groups in total. The SMILES string of the molecule is CCN1CCCC1=Nc1ccc(Cl)cc1Cl. The van der Waals surface area contributed by atoms with Gasteiger partial charge in [-0.05, 0) is 31.5 Å². The molecule has 1 heterocycles. The van der Waals surface area contributed by atoms with Crippen molar-refractivity contribution in [2.24, 2.45) is 4.99 Å². The summed E-state index contributed by atoms with van der Waals surface area (Å²) in [5, 5.41) is 1.26. The van der Waals surface area contributed by atoms with Crippen LogP contribution in [0.5, 0.6) is 0 Å². The second-order valence-corrected chi connectivity index (χ2v) is 4.65. The maximum Gasteiger partial charge on any atom is 0.105 e. The Labute approximate surface area is 106 Å². The van der Waals surface area contributed by atoms with Crippen LogP contribution in [0.4, 0.5) is 5.69 Å². The van der Waals surface area contributed by atoms with Gasteiger partial charge in [-0.25, -0.2) is 4.99 Å². The van der Waals surface area contributed by atoms with Crippen molar-refractivity contribution in [1.82, 2.24) is 4.90 Å². The first-order valence-electron chi connectivity index (χ1n) is 5.48. The highest BCUT2D eigenvalue weighted by Crippen LogP contribution is 2.29. The maximum atomic E-state index is 6.09. The lowest BCUT2D eigenvalue weighted by molar-refractivity contribution is 0.479.